The molecule has 0 N–H and O–H groups in total. The van der Waals surface area contributed by atoms with E-state index in [4.69, 9.17) is 0 Å². The van der Waals surface area contributed by atoms with E-state index in [9.17, 15) is 8.42 Å². The molecule has 0 aromatic carbocycles. The summed E-state index contributed by atoms with van der Waals surface area (Å²) < 4.78 is 22.9. The summed E-state index contributed by atoms with van der Waals surface area (Å²) in [7, 11) is -3.18. The van der Waals surface area contributed by atoms with Gasteiger partial charge in [-0.05, 0) is 0 Å². The topological polar surface area (TPSA) is 46.6 Å². The van der Waals surface area contributed by atoms with Crippen LogP contribution in [0.3, 0.4) is 0 Å². The third-order valence-electron chi connectivity index (χ3n) is 1.15. The molecule has 0 unspecified atom stereocenters. The lowest BCUT2D eigenvalue weighted by molar-refractivity contribution is -0.175. The van der Waals surface area contributed by atoms with Crippen LogP contribution in [0.2, 0.25) is 0 Å². The van der Waals surface area contributed by atoms with Crippen LogP contribution in [0.25, 0.3) is 0 Å². The third-order valence-corrected chi connectivity index (χ3v) is 2.71. The Hall–Kier alpha value is -0.390. The van der Waals surface area contributed by atoms with E-state index in [0.717, 1.165) is 4.47 Å². The first-order valence-corrected chi connectivity index (χ1v) is 4.52. The Kier molecular flexibility index (Phi) is 2.08. The fourth-order valence-corrected chi connectivity index (χ4v) is 1.67. The van der Waals surface area contributed by atoms with Gasteiger partial charge in [-0.3, -0.25) is 4.84 Å². The van der Waals surface area contributed by atoms with Crippen LogP contribution >= 0.6 is 0 Å². The van der Waals surface area contributed by atoms with Crippen LogP contribution in [-0.4, -0.2) is 31.8 Å². The summed E-state index contributed by atoms with van der Waals surface area (Å²) in [6.07, 6.45) is 1.34. The highest BCUT2D eigenvalue weighted by atomic mass is 32.2. The fourth-order valence-electron chi connectivity index (χ4n) is 0.617. The summed E-state index contributed by atoms with van der Waals surface area (Å²) in [5.74, 6) is -0.0486. The highest BCUT2D eigenvalue weighted by molar-refractivity contribution is 7.89. The molecule has 5 heteroatoms. The van der Waals surface area contributed by atoms with Crippen molar-refractivity contribution in [1.29, 1.82) is 0 Å². The van der Waals surface area contributed by atoms with E-state index in [1.165, 1.54) is 6.08 Å². The zero-order valence-electron chi connectivity index (χ0n) is 5.49. The normalized spacial score (nSPS) is 20.0. The molecule has 0 saturated carbocycles. The predicted octanol–water partition coefficient (Wildman–Crippen LogP) is -0.251. The maximum atomic E-state index is 10.9. The molecule has 1 aliphatic rings. The van der Waals surface area contributed by atoms with Crippen LogP contribution in [0.1, 0.15) is 0 Å². The van der Waals surface area contributed by atoms with Crippen LogP contribution < -0.4 is 0 Å². The number of hydrogen-bond acceptors (Lipinski definition) is 3. The Balaban J connectivity index is 2.58. The van der Waals surface area contributed by atoms with E-state index in [1.807, 2.05) is 0 Å². The van der Waals surface area contributed by atoms with Gasteiger partial charge >= 0.3 is 0 Å². The standard InChI is InChI=1S/C5H9NO3S/c1-2-5-10(7,8)6-3-4-9-6/h2H,1,3-5H2. The van der Waals surface area contributed by atoms with Crippen LogP contribution in [0.4, 0.5) is 0 Å². The molecule has 0 atom stereocenters. The molecule has 10 heavy (non-hydrogen) atoms. The number of hydrogen-bond donors (Lipinski definition) is 0. The van der Waals surface area contributed by atoms with Gasteiger partial charge in [-0.2, -0.15) is 0 Å². The van der Waals surface area contributed by atoms with Crippen molar-refractivity contribution in [3.05, 3.63) is 12.7 Å². The fraction of sp³-hybridized carbons (Fsp3) is 0.600. The van der Waals surface area contributed by atoms with Crippen LogP contribution in [0.15, 0.2) is 12.7 Å². The Labute approximate surface area is 60.1 Å². The molecule has 0 bridgehead atoms. The monoisotopic (exact) mass is 163 g/mol. The first kappa shape index (κ1) is 7.71. The highest BCUT2D eigenvalue weighted by Crippen LogP contribution is 2.09. The molecule has 0 amide bonds. The summed E-state index contributed by atoms with van der Waals surface area (Å²) in [5.41, 5.74) is 0. The predicted molar refractivity (Wildman–Crippen MR) is 36.6 cm³/mol. The van der Waals surface area contributed by atoms with E-state index >= 15 is 0 Å². The Morgan fingerprint density at radius 1 is 1.70 bits per heavy atom. The van der Waals surface area contributed by atoms with Gasteiger partial charge in [0.25, 0.3) is 0 Å². The number of rotatable bonds is 3. The average Bonchev–Trinajstić information content (AvgIpc) is 1.56. The van der Waals surface area contributed by atoms with Crippen LogP contribution in [0.5, 0.6) is 0 Å². The van der Waals surface area contributed by atoms with Gasteiger partial charge < -0.3 is 0 Å². The molecule has 0 spiro atoms. The van der Waals surface area contributed by atoms with Crippen molar-refractivity contribution in [1.82, 2.24) is 4.47 Å². The van der Waals surface area contributed by atoms with Gasteiger partial charge in [0.1, 0.15) is 0 Å². The maximum absolute atomic E-state index is 10.9. The molecule has 0 radical (unpaired) electrons. The molecule has 0 aliphatic carbocycles. The van der Waals surface area contributed by atoms with Gasteiger partial charge in [-0.15, -0.1) is 6.58 Å². The molecule has 1 fully saturated rings. The molecule has 1 heterocycles. The van der Waals surface area contributed by atoms with Crippen molar-refractivity contribution in [2.45, 2.75) is 0 Å². The Bertz CT molecular complexity index is 217. The zero-order valence-corrected chi connectivity index (χ0v) is 6.30. The van der Waals surface area contributed by atoms with Crippen molar-refractivity contribution in [2.75, 3.05) is 18.9 Å². The van der Waals surface area contributed by atoms with Gasteiger partial charge in [-0.25, -0.2) is 8.42 Å². The maximum Gasteiger partial charge on any atom is 0.239 e. The SMILES string of the molecule is C=CCS(=O)(=O)N1CCO1. The van der Waals surface area contributed by atoms with Gasteiger partial charge in [0, 0.05) is 0 Å². The van der Waals surface area contributed by atoms with Crippen molar-refractivity contribution >= 4 is 10.0 Å². The summed E-state index contributed by atoms with van der Waals surface area (Å²) in [6, 6.07) is 0. The summed E-state index contributed by atoms with van der Waals surface area (Å²) in [4.78, 5) is 4.65. The first-order valence-electron chi connectivity index (χ1n) is 2.91. The quantitative estimate of drug-likeness (QED) is 0.539. The van der Waals surface area contributed by atoms with Gasteiger partial charge in [0.05, 0.1) is 18.9 Å². The Morgan fingerprint density at radius 2 is 2.30 bits per heavy atom. The van der Waals surface area contributed by atoms with Crippen molar-refractivity contribution < 1.29 is 13.3 Å². The molecular weight excluding hydrogens is 154 g/mol. The van der Waals surface area contributed by atoms with Crippen LogP contribution in [0, 0.1) is 0 Å². The minimum atomic E-state index is -3.18. The zero-order chi connectivity index (χ0) is 7.61. The number of hydroxylamine groups is 1. The number of sulfonamides is 1. The first-order chi connectivity index (χ1) is 4.67. The molecule has 1 saturated heterocycles. The third kappa shape index (κ3) is 1.36. The van der Waals surface area contributed by atoms with Gasteiger partial charge in [0.2, 0.25) is 10.0 Å². The highest BCUT2D eigenvalue weighted by Gasteiger charge is 2.27. The van der Waals surface area contributed by atoms with E-state index in [0.29, 0.717) is 13.2 Å². The lowest BCUT2D eigenvalue weighted by Gasteiger charge is -2.28. The van der Waals surface area contributed by atoms with Crippen molar-refractivity contribution in [3.8, 4) is 0 Å². The lowest BCUT2D eigenvalue weighted by atomic mass is 10.7. The second-order valence-electron chi connectivity index (χ2n) is 1.93. The lowest BCUT2D eigenvalue weighted by Crippen LogP contribution is -2.44. The second-order valence-corrected chi connectivity index (χ2v) is 3.83. The number of nitrogens with zero attached hydrogens (tertiary/aromatic N) is 1. The van der Waals surface area contributed by atoms with E-state index in [2.05, 4.69) is 11.4 Å². The van der Waals surface area contributed by atoms with Gasteiger partial charge in [-0.1, -0.05) is 10.5 Å². The minimum Gasteiger partial charge on any atom is -0.283 e. The Morgan fingerprint density at radius 3 is 2.60 bits per heavy atom. The molecular formula is C5H9NO3S. The summed E-state index contributed by atoms with van der Waals surface area (Å²) in [5, 5.41) is 0. The smallest absolute Gasteiger partial charge is 0.239 e. The average molecular weight is 163 g/mol. The minimum absolute atomic E-state index is 0.0486. The van der Waals surface area contributed by atoms with E-state index in [-0.39, 0.29) is 5.75 Å². The molecule has 0 aromatic rings. The second kappa shape index (κ2) is 2.69. The summed E-state index contributed by atoms with van der Waals surface area (Å²) in [6.45, 7) is 4.29. The van der Waals surface area contributed by atoms with E-state index in [1.54, 1.807) is 0 Å². The molecule has 4 nitrogen and oxygen atoms in total. The van der Waals surface area contributed by atoms with Gasteiger partial charge in [0.15, 0.2) is 0 Å². The largest absolute Gasteiger partial charge is 0.283 e. The van der Waals surface area contributed by atoms with Crippen molar-refractivity contribution in [2.24, 2.45) is 0 Å². The molecule has 0 aromatic heterocycles. The molecule has 1 rings (SSSR count). The molecule has 1 aliphatic heterocycles. The van der Waals surface area contributed by atoms with Crippen molar-refractivity contribution in [3.63, 3.8) is 0 Å². The van der Waals surface area contributed by atoms with E-state index < -0.39 is 10.0 Å². The summed E-state index contributed by atoms with van der Waals surface area (Å²) >= 11 is 0. The van der Waals surface area contributed by atoms with Crippen LogP contribution in [-0.2, 0) is 14.9 Å². The molecule has 58 valence electrons.